The lowest BCUT2D eigenvalue weighted by Gasteiger charge is -2.12. The number of carbonyl (C=O) groups excluding carboxylic acids is 1. The number of para-hydroxylation sites is 1. The zero-order valence-electron chi connectivity index (χ0n) is 20.0. The Labute approximate surface area is 217 Å². The van der Waals surface area contributed by atoms with Gasteiger partial charge in [0.05, 0.1) is 18.6 Å². The van der Waals surface area contributed by atoms with Gasteiger partial charge in [0, 0.05) is 39.8 Å². The van der Waals surface area contributed by atoms with Gasteiger partial charge in [-0.2, -0.15) is 0 Å². The third-order valence-corrected chi connectivity index (χ3v) is 7.10. The number of amides is 1. The molecule has 0 saturated carbocycles. The Morgan fingerprint density at radius 2 is 1.73 bits per heavy atom. The summed E-state index contributed by atoms with van der Waals surface area (Å²) in [6.07, 6.45) is 1.94. The van der Waals surface area contributed by atoms with Crippen LogP contribution in [0.3, 0.4) is 0 Å². The van der Waals surface area contributed by atoms with Crippen molar-refractivity contribution in [3.05, 3.63) is 97.2 Å². The molecule has 0 aliphatic carbocycles. The average molecular weight is 506 g/mol. The van der Waals surface area contributed by atoms with Gasteiger partial charge in [-0.15, -0.1) is 10.2 Å². The zero-order chi connectivity index (χ0) is 25.2. The van der Waals surface area contributed by atoms with Gasteiger partial charge in [-0.25, -0.2) is 0 Å². The van der Waals surface area contributed by atoms with Crippen LogP contribution in [0.2, 0.25) is 0 Å². The number of aromatic nitrogens is 4. The Hall–Kier alpha value is -4.56. The van der Waals surface area contributed by atoms with E-state index in [1.165, 1.54) is 11.8 Å². The maximum absolute atomic E-state index is 13.0. The first-order valence-electron chi connectivity index (χ1n) is 11.8. The van der Waals surface area contributed by atoms with Crippen LogP contribution >= 0.6 is 11.8 Å². The quantitative estimate of drug-likeness (QED) is 0.249. The van der Waals surface area contributed by atoms with Crippen LogP contribution in [0.25, 0.3) is 38.8 Å². The fraction of sp³-hybridized carbons (Fsp3) is 0.0690. The predicted molar refractivity (Wildman–Crippen MR) is 149 cm³/mol. The molecule has 1 amide bonds. The van der Waals surface area contributed by atoms with Crippen molar-refractivity contribution in [1.82, 2.24) is 19.7 Å². The van der Waals surface area contributed by atoms with Gasteiger partial charge in [0.2, 0.25) is 5.91 Å². The molecule has 0 radical (unpaired) electrons. The van der Waals surface area contributed by atoms with Crippen molar-refractivity contribution in [1.29, 1.82) is 0 Å². The first-order chi connectivity index (χ1) is 18.2. The zero-order valence-corrected chi connectivity index (χ0v) is 20.8. The van der Waals surface area contributed by atoms with Crippen molar-refractivity contribution in [3.8, 4) is 22.8 Å². The van der Waals surface area contributed by atoms with E-state index >= 15 is 0 Å². The summed E-state index contributed by atoms with van der Waals surface area (Å²) >= 11 is 1.34. The second-order valence-corrected chi connectivity index (χ2v) is 9.40. The summed E-state index contributed by atoms with van der Waals surface area (Å²) in [7, 11) is 1.64. The van der Waals surface area contributed by atoms with Gasteiger partial charge in [-0.1, -0.05) is 72.4 Å². The Morgan fingerprint density at radius 3 is 2.62 bits per heavy atom. The number of hydrogen-bond donors (Lipinski definition) is 2. The first-order valence-corrected chi connectivity index (χ1v) is 12.8. The second kappa shape index (κ2) is 9.83. The number of methoxy groups -OCH3 is 1. The van der Waals surface area contributed by atoms with Crippen molar-refractivity contribution in [3.63, 3.8) is 0 Å². The Bertz CT molecular complexity index is 1730. The fourth-order valence-electron chi connectivity index (χ4n) is 4.43. The van der Waals surface area contributed by atoms with Crippen LogP contribution in [-0.4, -0.2) is 38.5 Å². The molecule has 0 atom stereocenters. The standard InChI is InChI=1S/C29H23N5O2S/c1-36-21-11-7-10-20(16-21)34-28(24-17-30-25-14-5-4-13-23(24)25)32-33-29(34)37-18-27(35)31-26-15-6-9-19-8-2-3-12-22(19)26/h2-17,30H,18H2,1H3,(H,31,35). The lowest BCUT2D eigenvalue weighted by Crippen LogP contribution is -2.14. The van der Waals surface area contributed by atoms with Crippen molar-refractivity contribution >= 4 is 45.0 Å². The molecule has 2 N–H and O–H groups in total. The van der Waals surface area contributed by atoms with Crippen molar-refractivity contribution in [2.24, 2.45) is 0 Å². The van der Waals surface area contributed by atoms with Gasteiger partial charge >= 0.3 is 0 Å². The highest BCUT2D eigenvalue weighted by Crippen LogP contribution is 2.33. The molecule has 37 heavy (non-hydrogen) atoms. The first kappa shape index (κ1) is 22.9. The van der Waals surface area contributed by atoms with E-state index < -0.39 is 0 Å². The van der Waals surface area contributed by atoms with Crippen LogP contribution in [0.1, 0.15) is 0 Å². The molecule has 0 fully saturated rings. The van der Waals surface area contributed by atoms with E-state index in [9.17, 15) is 4.79 Å². The summed E-state index contributed by atoms with van der Waals surface area (Å²) in [5.41, 5.74) is 3.58. The van der Waals surface area contributed by atoms with Crippen molar-refractivity contribution < 1.29 is 9.53 Å². The number of hydrogen-bond acceptors (Lipinski definition) is 5. The van der Waals surface area contributed by atoms with Gasteiger partial charge in [0.1, 0.15) is 5.75 Å². The highest BCUT2D eigenvalue weighted by molar-refractivity contribution is 7.99. The SMILES string of the molecule is COc1cccc(-n2c(SCC(=O)Nc3cccc4ccccc34)nnc2-c2c[nH]c3ccccc23)c1. The molecule has 6 rings (SSSR count). The molecule has 8 heteroatoms. The number of benzene rings is 4. The number of fused-ring (bicyclic) bond motifs is 2. The van der Waals surface area contributed by atoms with Crippen LogP contribution in [0, 0.1) is 0 Å². The van der Waals surface area contributed by atoms with Gasteiger partial charge < -0.3 is 15.0 Å². The summed E-state index contributed by atoms with van der Waals surface area (Å²) in [4.78, 5) is 16.3. The third kappa shape index (κ3) is 4.43. The summed E-state index contributed by atoms with van der Waals surface area (Å²) in [5.74, 6) is 1.47. The number of nitrogens with zero attached hydrogens (tertiary/aromatic N) is 3. The maximum Gasteiger partial charge on any atom is 0.234 e. The van der Waals surface area contributed by atoms with E-state index in [1.807, 2.05) is 95.7 Å². The molecule has 0 saturated heterocycles. The number of ether oxygens (including phenoxy) is 1. The Balaban J connectivity index is 1.33. The van der Waals surface area contributed by atoms with E-state index in [2.05, 4.69) is 26.6 Å². The molecule has 0 aliphatic rings. The van der Waals surface area contributed by atoms with Gasteiger partial charge in [0.25, 0.3) is 0 Å². The van der Waals surface area contributed by atoms with Gasteiger partial charge in [0.15, 0.2) is 11.0 Å². The molecule has 0 bridgehead atoms. The summed E-state index contributed by atoms with van der Waals surface area (Å²) in [6, 6.07) is 29.7. The molecule has 0 unspecified atom stereocenters. The molecule has 6 aromatic rings. The summed E-state index contributed by atoms with van der Waals surface area (Å²) in [6.45, 7) is 0. The molecular formula is C29H23N5O2S. The number of H-pyrrole nitrogens is 1. The highest BCUT2D eigenvalue weighted by Gasteiger charge is 2.20. The highest BCUT2D eigenvalue weighted by atomic mass is 32.2. The minimum Gasteiger partial charge on any atom is -0.497 e. The molecule has 2 aromatic heterocycles. The topological polar surface area (TPSA) is 84.8 Å². The predicted octanol–water partition coefficient (Wildman–Crippen LogP) is 6.31. The van der Waals surface area contributed by atoms with Crippen LogP contribution in [-0.2, 0) is 4.79 Å². The fourth-order valence-corrected chi connectivity index (χ4v) is 5.18. The summed E-state index contributed by atoms with van der Waals surface area (Å²) in [5, 5.41) is 15.8. The van der Waals surface area contributed by atoms with E-state index in [0.717, 1.165) is 44.4 Å². The normalized spacial score (nSPS) is 11.2. The van der Waals surface area contributed by atoms with E-state index in [-0.39, 0.29) is 11.7 Å². The van der Waals surface area contributed by atoms with Gasteiger partial charge in [-0.05, 0) is 29.7 Å². The lowest BCUT2D eigenvalue weighted by molar-refractivity contribution is -0.113. The molecular weight excluding hydrogens is 482 g/mol. The molecule has 0 spiro atoms. The van der Waals surface area contributed by atoms with E-state index in [0.29, 0.717) is 11.0 Å². The smallest absolute Gasteiger partial charge is 0.234 e. The van der Waals surface area contributed by atoms with Gasteiger partial charge in [-0.3, -0.25) is 9.36 Å². The largest absolute Gasteiger partial charge is 0.497 e. The molecule has 4 aromatic carbocycles. The number of aromatic amines is 1. The number of carbonyl (C=O) groups is 1. The minimum absolute atomic E-state index is 0.116. The lowest BCUT2D eigenvalue weighted by atomic mass is 10.1. The van der Waals surface area contributed by atoms with E-state index in [1.54, 1.807) is 7.11 Å². The number of nitrogens with one attached hydrogen (secondary N) is 2. The Morgan fingerprint density at radius 1 is 0.946 bits per heavy atom. The summed E-state index contributed by atoms with van der Waals surface area (Å²) < 4.78 is 7.43. The second-order valence-electron chi connectivity index (χ2n) is 8.45. The number of anilines is 1. The van der Waals surface area contributed by atoms with Crippen LogP contribution in [0.5, 0.6) is 5.75 Å². The molecule has 7 nitrogen and oxygen atoms in total. The molecule has 0 aliphatic heterocycles. The van der Waals surface area contributed by atoms with Crippen LogP contribution in [0.15, 0.2) is 102 Å². The average Bonchev–Trinajstić information content (AvgIpc) is 3.56. The maximum atomic E-state index is 13.0. The van der Waals surface area contributed by atoms with Crippen molar-refractivity contribution in [2.45, 2.75) is 5.16 Å². The number of rotatable bonds is 7. The van der Waals surface area contributed by atoms with E-state index in [4.69, 9.17) is 4.74 Å². The monoisotopic (exact) mass is 505 g/mol. The number of thioether (sulfide) groups is 1. The molecule has 2 heterocycles. The third-order valence-electron chi connectivity index (χ3n) is 6.17. The van der Waals surface area contributed by atoms with Crippen molar-refractivity contribution in [2.75, 3.05) is 18.2 Å². The molecule has 182 valence electrons. The Kier molecular flexibility index (Phi) is 6.08. The van der Waals surface area contributed by atoms with Crippen LogP contribution < -0.4 is 10.1 Å². The minimum atomic E-state index is -0.116. The van der Waals surface area contributed by atoms with Crippen LogP contribution in [0.4, 0.5) is 5.69 Å².